The molecule has 0 saturated carbocycles. The molecule has 0 aliphatic carbocycles. The molecule has 0 amide bonds. The van der Waals surface area contributed by atoms with Crippen LogP contribution in [0.5, 0.6) is 0 Å². The molecule has 0 unspecified atom stereocenters. The Labute approximate surface area is 90.0 Å². The van der Waals surface area contributed by atoms with Crippen molar-refractivity contribution in [1.82, 2.24) is 0 Å². The number of halogens is 2. The summed E-state index contributed by atoms with van der Waals surface area (Å²) in [6, 6.07) is 5.66. The SMILES string of the molecule is C=C[C@H](N)c1ccc(Cl)c(C)c1.Cl. The van der Waals surface area contributed by atoms with Crippen LogP contribution < -0.4 is 5.73 Å². The number of hydrogen-bond acceptors (Lipinski definition) is 1. The van der Waals surface area contributed by atoms with Crippen molar-refractivity contribution >= 4 is 24.0 Å². The molecule has 1 nitrogen and oxygen atoms in total. The molecule has 1 rings (SSSR count). The van der Waals surface area contributed by atoms with Crippen LogP contribution in [-0.4, -0.2) is 0 Å². The Hall–Kier alpha value is -0.500. The van der Waals surface area contributed by atoms with Crippen LogP contribution in [0.2, 0.25) is 5.02 Å². The highest BCUT2D eigenvalue weighted by molar-refractivity contribution is 6.31. The van der Waals surface area contributed by atoms with E-state index in [1.54, 1.807) is 6.08 Å². The van der Waals surface area contributed by atoms with E-state index in [-0.39, 0.29) is 18.4 Å². The van der Waals surface area contributed by atoms with Gasteiger partial charge in [0.05, 0.1) is 0 Å². The lowest BCUT2D eigenvalue weighted by molar-refractivity contribution is 0.912. The summed E-state index contributed by atoms with van der Waals surface area (Å²) in [4.78, 5) is 0. The maximum atomic E-state index is 5.86. The first-order chi connectivity index (χ1) is 5.65. The van der Waals surface area contributed by atoms with E-state index in [9.17, 15) is 0 Å². The molecular formula is C10H13Cl2N. The normalized spacial score (nSPS) is 11.6. The van der Waals surface area contributed by atoms with Gasteiger partial charge >= 0.3 is 0 Å². The first kappa shape index (κ1) is 12.5. The summed E-state index contributed by atoms with van der Waals surface area (Å²) in [5.74, 6) is 0. The molecule has 1 aromatic rings. The summed E-state index contributed by atoms with van der Waals surface area (Å²) in [5, 5.41) is 0.773. The molecule has 3 heteroatoms. The molecule has 0 spiro atoms. The van der Waals surface area contributed by atoms with Crippen LogP contribution in [0.15, 0.2) is 30.9 Å². The van der Waals surface area contributed by atoms with Crippen LogP contribution in [0.4, 0.5) is 0 Å². The van der Waals surface area contributed by atoms with Crippen molar-refractivity contribution in [2.75, 3.05) is 0 Å². The number of rotatable bonds is 2. The van der Waals surface area contributed by atoms with E-state index in [1.165, 1.54) is 0 Å². The van der Waals surface area contributed by atoms with Gasteiger partial charge in [0.25, 0.3) is 0 Å². The average Bonchev–Trinajstić information content (AvgIpc) is 2.08. The molecule has 0 aliphatic heterocycles. The summed E-state index contributed by atoms with van der Waals surface area (Å²) in [6.45, 7) is 5.59. The monoisotopic (exact) mass is 217 g/mol. The van der Waals surface area contributed by atoms with Gasteiger partial charge in [0, 0.05) is 11.1 Å². The highest BCUT2D eigenvalue weighted by Crippen LogP contribution is 2.19. The second-order valence-corrected chi connectivity index (χ2v) is 3.18. The largest absolute Gasteiger partial charge is 0.321 e. The van der Waals surface area contributed by atoms with Gasteiger partial charge in [-0.05, 0) is 24.1 Å². The molecule has 1 atom stereocenters. The number of hydrogen-bond donors (Lipinski definition) is 1. The van der Waals surface area contributed by atoms with Gasteiger partial charge in [-0.25, -0.2) is 0 Å². The van der Waals surface area contributed by atoms with Gasteiger partial charge in [0.15, 0.2) is 0 Å². The predicted molar refractivity (Wildman–Crippen MR) is 60.6 cm³/mol. The Balaban J connectivity index is 0.00000144. The van der Waals surface area contributed by atoms with Crippen molar-refractivity contribution in [2.24, 2.45) is 5.73 Å². The molecule has 2 N–H and O–H groups in total. The van der Waals surface area contributed by atoms with E-state index >= 15 is 0 Å². The number of nitrogens with two attached hydrogens (primary N) is 1. The van der Waals surface area contributed by atoms with Crippen molar-refractivity contribution in [3.05, 3.63) is 47.0 Å². The van der Waals surface area contributed by atoms with Gasteiger partial charge < -0.3 is 5.73 Å². The van der Waals surface area contributed by atoms with Gasteiger partial charge in [-0.1, -0.05) is 29.8 Å². The van der Waals surface area contributed by atoms with Crippen molar-refractivity contribution in [2.45, 2.75) is 13.0 Å². The zero-order valence-electron chi connectivity index (χ0n) is 7.46. The molecule has 13 heavy (non-hydrogen) atoms. The number of benzene rings is 1. The summed E-state index contributed by atoms with van der Waals surface area (Å²) < 4.78 is 0. The molecule has 0 aromatic heterocycles. The first-order valence-corrected chi connectivity index (χ1v) is 4.17. The van der Waals surface area contributed by atoms with Gasteiger partial charge in [0.2, 0.25) is 0 Å². The quantitative estimate of drug-likeness (QED) is 0.757. The third-order valence-electron chi connectivity index (χ3n) is 1.82. The van der Waals surface area contributed by atoms with E-state index < -0.39 is 0 Å². The maximum Gasteiger partial charge on any atom is 0.0478 e. The standard InChI is InChI=1S/C10H12ClN.ClH/c1-3-10(12)8-4-5-9(11)7(2)6-8;/h3-6,10H,1,12H2,2H3;1H/t10-;/m0./s1. The third kappa shape index (κ3) is 3.03. The van der Waals surface area contributed by atoms with Crippen LogP contribution >= 0.6 is 24.0 Å². The van der Waals surface area contributed by atoms with Gasteiger partial charge in [-0.3, -0.25) is 0 Å². The van der Waals surface area contributed by atoms with Gasteiger partial charge in [0.1, 0.15) is 0 Å². The Morgan fingerprint density at radius 1 is 1.54 bits per heavy atom. The van der Waals surface area contributed by atoms with E-state index in [4.69, 9.17) is 17.3 Å². The highest BCUT2D eigenvalue weighted by Gasteiger charge is 2.02. The van der Waals surface area contributed by atoms with E-state index in [2.05, 4.69) is 6.58 Å². The second-order valence-electron chi connectivity index (χ2n) is 2.77. The van der Waals surface area contributed by atoms with Crippen molar-refractivity contribution < 1.29 is 0 Å². The van der Waals surface area contributed by atoms with Gasteiger partial charge in [-0.15, -0.1) is 19.0 Å². The Morgan fingerprint density at radius 3 is 2.62 bits per heavy atom. The van der Waals surface area contributed by atoms with Crippen LogP contribution in [0.25, 0.3) is 0 Å². The van der Waals surface area contributed by atoms with Crippen LogP contribution in [-0.2, 0) is 0 Å². The van der Waals surface area contributed by atoms with Crippen LogP contribution in [0.3, 0.4) is 0 Å². The minimum atomic E-state index is -0.0963. The second kappa shape index (κ2) is 5.28. The van der Waals surface area contributed by atoms with E-state index in [0.717, 1.165) is 16.1 Å². The van der Waals surface area contributed by atoms with Crippen LogP contribution in [0.1, 0.15) is 17.2 Å². The average molecular weight is 218 g/mol. The summed E-state index contributed by atoms with van der Waals surface area (Å²) in [5.41, 5.74) is 7.85. The zero-order chi connectivity index (χ0) is 9.14. The summed E-state index contributed by atoms with van der Waals surface area (Å²) in [7, 11) is 0. The molecule has 0 radical (unpaired) electrons. The predicted octanol–water partition coefficient (Wildman–Crippen LogP) is 3.26. The van der Waals surface area contributed by atoms with E-state index in [0.29, 0.717) is 0 Å². The Bertz CT molecular complexity index is 297. The summed E-state index contributed by atoms with van der Waals surface area (Å²) >= 11 is 5.86. The molecule has 0 fully saturated rings. The first-order valence-electron chi connectivity index (χ1n) is 3.79. The zero-order valence-corrected chi connectivity index (χ0v) is 9.03. The van der Waals surface area contributed by atoms with Crippen molar-refractivity contribution in [3.63, 3.8) is 0 Å². The molecule has 0 aliphatic rings. The van der Waals surface area contributed by atoms with Crippen molar-refractivity contribution in [3.8, 4) is 0 Å². The highest BCUT2D eigenvalue weighted by atomic mass is 35.5. The lowest BCUT2D eigenvalue weighted by Gasteiger charge is -2.07. The van der Waals surface area contributed by atoms with E-state index in [1.807, 2.05) is 25.1 Å². The molecule has 0 bridgehead atoms. The Kier molecular flexibility index (Phi) is 5.07. The lowest BCUT2D eigenvalue weighted by Crippen LogP contribution is -2.06. The fourth-order valence-electron chi connectivity index (χ4n) is 1.01. The minimum Gasteiger partial charge on any atom is -0.321 e. The molecule has 1 aromatic carbocycles. The summed E-state index contributed by atoms with van der Waals surface area (Å²) in [6.07, 6.45) is 1.71. The molecule has 72 valence electrons. The topological polar surface area (TPSA) is 26.0 Å². The molecular weight excluding hydrogens is 205 g/mol. The Morgan fingerprint density at radius 2 is 2.15 bits per heavy atom. The van der Waals surface area contributed by atoms with Crippen molar-refractivity contribution in [1.29, 1.82) is 0 Å². The lowest BCUT2D eigenvalue weighted by atomic mass is 10.1. The fraction of sp³-hybridized carbons (Fsp3) is 0.200. The molecule has 0 saturated heterocycles. The maximum absolute atomic E-state index is 5.86. The number of aryl methyl sites for hydroxylation is 1. The smallest absolute Gasteiger partial charge is 0.0478 e. The van der Waals surface area contributed by atoms with Crippen LogP contribution in [0, 0.1) is 6.92 Å². The minimum absolute atomic E-state index is 0. The van der Waals surface area contributed by atoms with Gasteiger partial charge in [-0.2, -0.15) is 0 Å². The third-order valence-corrected chi connectivity index (χ3v) is 2.24. The fourth-order valence-corrected chi connectivity index (χ4v) is 1.13. The molecule has 0 heterocycles.